The second-order valence-electron chi connectivity index (χ2n) is 5.56. The van der Waals surface area contributed by atoms with E-state index in [2.05, 4.69) is 15.3 Å². The van der Waals surface area contributed by atoms with Crippen LogP contribution in [0, 0.1) is 19.7 Å². The highest BCUT2D eigenvalue weighted by Gasteiger charge is 2.45. The molecule has 1 fully saturated rings. The highest BCUT2D eigenvalue weighted by Crippen LogP contribution is 2.48. The van der Waals surface area contributed by atoms with Crippen molar-refractivity contribution in [3.63, 3.8) is 0 Å². The molecule has 104 valence electrons. The average Bonchev–Trinajstić information content (AvgIpc) is 3.21. The molecule has 0 aliphatic heterocycles. The van der Waals surface area contributed by atoms with Crippen molar-refractivity contribution in [3.8, 4) is 0 Å². The fourth-order valence-electron chi connectivity index (χ4n) is 2.54. The highest BCUT2D eigenvalue weighted by molar-refractivity contribution is 5.43. The standard InChI is InChI=1S/C16H18FN3/c1-11-9-18-12(2)15(20-11)19-10-16(7-8-16)13-5-3-4-6-14(13)17/h3-6,9H,7-8,10H2,1-2H3,(H,19,20). The van der Waals surface area contributed by atoms with Crippen LogP contribution in [0.15, 0.2) is 30.5 Å². The van der Waals surface area contributed by atoms with Gasteiger partial charge in [0.1, 0.15) is 11.6 Å². The van der Waals surface area contributed by atoms with Crippen LogP contribution < -0.4 is 5.32 Å². The summed E-state index contributed by atoms with van der Waals surface area (Å²) >= 11 is 0. The Morgan fingerprint density at radius 2 is 2.00 bits per heavy atom. The van der Waals surface area contributed by atoms with Crippen molar-refractivity contribution in [1.29, 1.82) is 0 Å². The zero-order valence-corrected chi connectivity index (χ0v) is 11.8. The lowest BCUT2D eigenvalue weighted by molar-refractivity contribution is 0.578. The van der Waals surface area contributed by atoms with Crippen LogP contribution in [0.5, 0.6) is 0 Å². The number of nitrogens with one attached hydrogen (secondary N) is 1. The fourth-order valence-corrected chi connectivity index (χ4v) is 2.54. The van der Waals surface area contributed by atoms with Gasteiger partial charge in [0.05, 0.1) is 11.4 Å². The predicted molar refractivity (Wildman–Crippen MR) is 77.3 cm³/mol. The summed E-state index contributed by atoms with van der Waals surface area (Å²) in [5.41, 5.74) is 2.49. The van der Waals surface area contributed by atoms with Gasteiger partial charge >= 0.3 is 0 Å². The lowest BCUT2D eigenvalue weighted by Crippen LogP contribution is -2.22. The Bertz CT molecular complexity index is 635. The topological polar surface area (TPSA) is 37.8 Å². The summed E-state index contributed by atoms with van der Waals surface area (Å²) in [6.07, 6.45) is 3.78. The summed E-state index contributed by atoms with van der Waals surface area (Å²) in [6, 6.07) is 7.06. The molecule has 20 heavy (non-hydrogen) atoms. The lowest BCUT2D eigenvalue weighted by atomic mass is 9.95. The molecule has 1 aromatic carbocycles. The van der Waals surface area contributed by atoms with Gasteiger partial charge in [0.15, 0.2) is 0 Å². The number of benzene rings is 1. The number of aryl methyl sites for hydroxylation is 2. The molecule has 0 radical (unpaired) electrons. The molecule has 0 unspecified atom stereocenters. The number of anilines is 1. The molecular weight excluding hydrogens is 253 g/mol. The minimum Gasteiger partial charge on any atom is -0.368 e. The number of rotatable bonds is 4. The molecular formula is C16H18FN3. The van der Waals surface area contributed by atoms with Crippen LogP contribution in [0.4, 0.5) is 10.2 Å². The first-order chi connectivity index (χ1) is 9.61. The maximum atomic E-state index is 13.9. The zero-order chi connectivity index (χ0) is 14.2. The van der Waals surface area contributed by atoms with Crippen molar-refractivity contribution in [2.45, 2.75) is 32.1 Å². The van der Waals surface area contributed by atoms with Crippen LogP contribution >= 0.6 is 0 Å². The molecule has 0 atom stereocenters. The molecule has 1 saturated carbocycles. The Kier molecular flexibility index (Phi) is 3.16. The lowest BCUT2D eigenvalue weighted by Gasteiger charge is -2.18. The molecule has 0 saturated heterocycles. The predicted octanol–water partition coefficient (Wildman–Crippen LogP) is 3.38. The largest absolute Gasteiger partial charge is 0.368 e. The maximum absolute atomic E-state index is 13.9. The summed E-state index contributed by atoms with van der Waals surface area (Å²) in [5.74, 6) is 0.687. The third kappa shape index (κ3) is 2.38. The Morgan fingerprint density at radius 3 is 2.70 bits per heavy atom. The van der Waals surface area contributed by atoms with Gasteiger partial charge in [-0.25, -0.2) is 9.37 Å². The van der Waals surface area contributed by atoms with E-state index in [4.69, 9.17) is 0 Å². The molecule has 1 aromatic heterocycles. The number of hydrogen-bond acceptors (Lipinski definition) is 3. The number of aromatic nitrogens is 2. The molecule has 3 nitrogen and oxygen atoms in total. The Labute approximate surface area is 118 Å². The molecule has 0 spiro atoms. The second kappa shape index (κ2) is 4.85. The van der Waals surface area contributed by atoms with Crippen LogP contribution in [0.3, 0.4) is 0 Å². The van der Waals surface area contributed by atoms with Gasteiger partial charge in [-0.05, 0) is 38.3 Å². The van der Waals surface area contributed by atoms with Crippen LogP contribution in [-0.2, 0) is 5.41 Å². The van der Waals surface area contributed by atoms with E-state index in [1.165, 1.54) is 6.07 Å². The Morgan fingerprint density at radius 1 is 1.25 bits per heavy atom. The van der Waals surface area contributed by atoms with E-state index in [1.54, 1.807) is 12.3 Å². The van der Waals surface area contributed by atoms with Gasteiger partial charge in [0.25, 0.3) is 0 Å². The summed E-state index contributed by atoms with van der Waals surface area (Å²) < 4.78 is 13.9. The Balaban J connectivity index is 1.78. The SMILES string of the molecule is Cc1cnc(C)c(NCC2(c3ccccc3F)CC2)n1. The van der Waals surface area contributed by atoms with Gasteiger partial charge in [-0.2, -0.15) is 0 Å². The minimum absolute atomic E-state index is 0.0801. The number of hydrogen-bond donors (Lipinski definition) is 1. The summed E-state index contributed by atoms with van der Waals surface area (Å²) in [7, 11) is 0. The second-order valence-corrected chi connectivity index (χ2v) is 5.56. The van der Waals surface area contributed by atoms with E-state index in [9.17, 15) is 4.39 Å². The molecule has 1 N–H and O–H groups in total. The Hall–Kier alpha value is -1.97. The highest BCUT2D eigenvalue weighted by atomic mass is 19.1. The molecule has 1 heterocycles. The minimum atomic E-state index is -0.112. The van der Waals surface area contributed by atoms with Gasteiger partial charge in [-0.3, -0.25) is 4.98 Å². The van der Waals surface area contributed by atoms with Crippen molar-refractivity contribution >= 4 is 5.82 Å². The summed E-state index contributed by atoms with van der Waals surface area (Å²) in [6.45, 7) is 4.55. The van der Waals surface area contributed by atoms with Crippen molar-refractivity contribution in [2.24, 2.45) is 0 Å². The first kappa shape index (κ1) is 13.0. The van der Waals surface area contributed by atoms with Gasteiger partial charge in [-0.1, -0.05) is 18.2 Å². The van der Waals surface area contributed by atoms with Crippen LogP contribution in [-0.4, -0.2) is 16.5 Å². The summed E-state index contributed by atoms with van der Waals surface area (Å²) in [4.78, 5) is 8.74. The number of halogens is 1. The van der Waals surface area contributed by atoms with Crippen LogP contribution in [0.25, 0.3) is 0 Å². The molecule has 0 amide bonds. The first-order valence-electron chi connectivity index (χ1n) is 6.90. The van der Waals surface area contributed by atoms with E-state index in [1.807, 2.05) is 26.0 Å². The number of nitrogens with zero attached hydrogens (tertiary/aromatic N) is 2. The molecule has 1 aliphatic carbocycles. The fraction of sp³-hybridized carbons (Fsp3) is 0.375. The average molecular weight is 271 g/mol. The zero-order valence-electron chi connectivity index (χ0n) is 11.8. The van der Waals surface area contributed by atoms with E-state index < -0.39 is 0 Å². The van der Waals surface area contributed by atoms with Crippen LogP contribution in [0.2, 0.25) is 0 Å². The summed E-state index contributed by atoms with van der Waals surface area (Å²) in [5, 5.41) is 3.34. The monoisotopic (exact) mass is 271 g/mol. The third-order valence-corrected chi connectivity index (χ3v) is 3.97. The molecule has 2 aromatic rings. The van der Waals surface area contributed by atoms with Crippen LogP contribution in [0.1, 0.15) is 29.8 Å². The quantitative estimate of drug-likeness (QED) is 0.926. The van der Waals surface area contributed by atoms with E-state index in [0.717, 1.165) is 35.6 Å². The molecule has 0 bridgehead atoms. The van der Waals surface area contributed by atoms with E-state index >= 15 is 0 Å². The van der Waals surface area contributed by atoms with Crippen molar-refractivity contribution in [3.05, 3.63) is 53.2 Å². The van der Waals surface area contributed by atoms with Gasteiger partial charge in [-0.15, -0.1) is 0 Å². The normalized spacial score (nSPS) is 15.9. The molecule has 3 rings (SSSR count). The van der Waals surface area contributed by atoms with Crippen molar-refractivity contribution < 1.29 is 4.39 Å². The van der Waals surface area contributed by atoms with E-state index in [0.29, 0.717) is 6.54 Å². The molecule has 4 heteroatoms. The van der Waals surface area contributed by atoms with Gasteiger partial charge in [0.2, 0.25) is 0 Å². The van der Waals surface area contributed by atoms with Crippen molar-refractivity contribution in [2.75, 3.05) is 11.9 Å². The van der Waals surface area contributed by atoms with Crippen molar-refractivity contribution in [1.82, 2.24) is 9.97 Å². The van der Waals surface area contributed by atoms with Gasteiger partial charge < -0.3 is 5.32 Å². The van der Waals surface area contributed by atoms with Gasteiger partial charge in [0, 0.05) is 18.2 Å². The smallest absolute Gasteiger partial charge is 0.147 e. The molecule has 1 aliphatic rings. The first-order valence-corrected chi connectivity index (χ1v) is 6.90. The van der Waals surface area contributed by atoms with E-state index in [-0.39, 0.29) is 11.2 Å². The maximum Gasteiger partial charge on any atom is 0.147 e. The third-order valence-electron chi connectivity index (χ3n) is 3.97.